The maximum absolute atomic E-state index is 12.5. The molecule has 5 heteroatoms. The molecule has 0 heterocycles. The van der Waals surface area contributed by atoms with Crippen molar-refractivity contribution in [1.29, 1.82) is 0 Å². The third kappa shape index (κ3) is 4.59. The number of nitrogens with one attached hydrogen (secondary N) is 2. The van der Waals surface area contributed by atoms with Gasteiger partial charge in [0.15, 0.2) is 0 Å². The number of amides is 1. The Labute approximate surface area is 157 Å². The zero-order valence-corrected chi connectivity index (χ0v) is 16.3. The summed E-state index contributed by atoms with van der Waals surface area (Å²) < 4.78 is 0.798. The standard InChI is InChI=1S/C19H22BrClN2O/c1-3-23(4-2)18(15-10-6-8-12-17(15)21)13-22-19(24)14-9-5-7-11-16(14)20/h5-12,18H,3-4,13H2,1-2H3,(H,22,24)/p+1/t18-/m0/s1. The van der Waals surface area contributed by atoms with Gasteiger partial charge in [0.05, 0.1) is 25.2 Å². The van der Waals surface area contributed by atoms with E-state index in [2.05, 4.69) is 35.1 Å². The van der Waals surface area contributed by atoms with Crippen LogP contribution < -0.4 is 10.2 Å². The van der Waals surface area contributed by atoms with E-state index < -0.39 is 0 Å². The zero-order valence-electron chi connectivity index (χ0n) is 14.0. The van der Waals surface area contributed by atoms with Gasteiger partial charge in [0.2, 0.25) is 0 Å². The van der Waals surface area contributed by atoms with Crippen LogP contribution in [0.4, 0.5) is 0 Å². The second-order valence-electron chi connectivity index (χ2n) is 5.63. The molecule has 0 aliphatic heterocycles. The summed E-state index contributed by atoms with van der Waals surface area (Å²) in [5.41, 5.74) is 1.72. The molecule has 1 amide bonds. The van der Waals surface area contributed by atoms with Crippen molar-refractivity contribution in [3.8, 4) is 0 Å². The minimum Gasteiger partial charge on any atom is -0.346 e. The van der Waals surface area contributed by atoms with Gasteiger partial charge in [-0.2, -0.15) is 0 Å². The molecule has 0 radical (unpaired) electrons. The number of hydrogen-bond acceptors (Lipinski definition) is 1. The van der Waals surface area contributed by atoms with Crippen LogP contribution in [0.15, 0.2) is 53.0 Å². The van der Waals surface area contributed by atoms with Crippen molar-refractivity contribution in [3.63, 3.8) is 0 Å². The number of carbonyl (C=O) groups excluding carboxylic acids is 1. The van der Waals surface area contributed by atoms with Gasteiger partial charge >= 0.3 is 0 Å². The Morgan fingerprint density at radius 3 is 2.38 bits per heavy atom. The van der Waals surface area contributed by atoms with E-state index in [1.807, 2.05) is 48.5 Å². The molecule has 0 bridgehead atoms. The SMILES string of the molecule is CC[NH+](CC)[C@@H](CNC(=O)c1ccccc1Br)c1ccccc1Cl. The second kappa shape index (κ2) is 9.21. The molecule has 0 fully saturated rings. The normalized spacial score (nSPS) is 12.2. The number of rotatable bonds is 7. The van der Waals surface area contributed by atoms with Crippen molar-refractivity contribution in [1.82, 2.24) is 5.32 Å². The van der Waals surface area contributed by atoms with Crippen molar-refractivity contribution < 1.29 is 9.69 Å². The Hall–Kier alpha value is -1.36. The van der Waals surface area contributed by atoms with Gasteiger partial charge in [0.25, 0.3) is 5.91 Å². The fourth-order valence-corrected chi connectivity index (χ4v) is 3.64. The third-order valence-corrected chi connectivity index (χ3v) is 5.30. The highest BCUT2D eigenvalue weighted by Crippen LogP contribution is 2.21. The maximum Gasteiger partial charge on any atom is 0.252 e. The predicted octanol–water partition coefficient (Wildman–Crippen LogP) is 3.50. The van der Waals surface area contributed by atoms with E-state index in [1.165, 1.54) is 4.90 Å². The molecule has 0 aliphatic carbocycles. The van der Waals surface area contributed by atoms with Crippen molar-refractivity contribution >= 4 is 33.4 Å². The highest BCUT2D eigenvalue weighted by molar-refractivity contribution is 9.10. The zero-order chi connectivity index (χ0) is 17.5. The minimum atomic E-state index is -0.0777. The van der Waals surface area contributed by atoms with E-state index in [4.69, 9.17) is 11.6 Å². The summed E-state index contributed by atoms with van der Waals surface area (Å²) >= 11 is 9.83. The molecule has 24 heavy (non-hydrogen) atoms. The summed E-state index contributed by atoms with van der Waals surface area (Å²) in [6.45, 7) is 6.78. The van der Waals surface area contributed by atoms with Gasteiger partial charge in [-0.05, 0) is 48.0 Å². The van der Waals surface area contributed by atoms with E-state index in [9.17, 15) is 4.79 Å². The summed E-state index contributed by atoms with van der Waals surface area (Å²) in [6, 6.07) is 15.4. The molecule has 1 atom stereocenters. The molecule has 0 aliphatic rings. The average molecular weight is 411 g/mol. The van der Waals surface area contributed by atoms with Crippen LogP contribution in [-0.2, 0) is 0 Å². The Morgan fingerprint density at radius 1 is 1.12 bits per heavy atom. The quantitative estimate of drug-likeness (QED) is 0.720. The predicted molar refractivity (Wildman–Crippen MR) is 103 cm³/mol. The first kappa shape index (κ1) is 19.0. The van der Waals surface area contributed by atoms with Gasteiger partial charge in [0, 0.05) is 15.1 Å². The summed E-state index contributed by atoms with van der Waals surface area (Å²) in [6.07, 6.45) is 0. The van der Waals surface area contributed by atoms with E-state index in [0.29, 0.717) is 12.1 Å². The number of quaternary nitrogens is 1. The van der Waals surface area contributed by atoms with Gasteiger partial charge in [-0.1, -0.05) is 41.9 Å². The molecular formula is C19H23BrClN2O+. The molecule has 2 aromatic carbocycles. The van der Waals surface area contributed by atoms with Crippen LogP contribution in [0.3, 0.4) is 0 Å². The molecule has 0 saturated carbocycles. The first-order valence-corrected chi connectivity index (χ1v) is 9.37. The van der Waals surface area contributed by atoms with Crippen molar-refractivity contribution in [3.05, 3.63) is 69.2 Å². The molecule has 2 N–H and O–H groups in total. The van der Waals surface area contributed by atoms with E-state index in [1.54, 1.807) is 0 Å². The summed E-state index contributed by atoms with van der Waals surface area (Å²) in [7, 11) is 0. The van der Waals surface area contributed by atoms with Gasteiger partial charge < -0.3 is 10.2 Å². The van der Waals surface area contributed by atoms with Crippen LogP contribution in [0.1, 0.15) is 35.8 Å². The van der Waals surface area contributed by atoms with Crippen LogP contribution in [0.2, 0.25) is 5.02 Å². The van der Waals surface area contributed by atoms with Crippen molar-refractivity contribution in [2.24, 2.45) is 0 Å². The van der Waals surface area contributed by atoms with Crippen molar-refractivity contribution in [2.45, 2.75) is 19.9 Å². The number of likely N-dealkylation sites (N-methyl/N-ethyl adjacent to an activating group) is 1. The minimum absolute atomic E-state index is 0.0777. The summed E-state index contributed by atoms with van der Waals surface area (Å²) in [5, 5.41) is 3.81. The molecule has 0 unspecified atom stereocenters. The van der Waals surface area contributed by atoms with Crippen LogP contribution in [0.25, 0.3) is 0 Å². The smallest absolute Gasteiger partial charge is 0.252 e. The van der Waals surface area contributed by atoms with Gasteiger partial charge in [-0.3, -0.25) is 4.79 Å². The maximum atomic E-state index is 12.5. The van der Waals surface area contributed by atoms with Crippen molar-refractivity contribution in [2.75, 3.05) is 19.6 Å². The largest absolute Gasteiger partial charge is 0.346 e. The van der Waals surface area contributed by atoms with Crippen LogP contribution >= 0.6 is 27.5 Å². The molecular weight excluding hydrogens is 388 g/mol. The van der Waals surface area contributed by atoms with Gasteiger partial charge in [0.1, 0.15) is 6.04 Å². The fourth-order valence-electron chi connectivity index (χ4n) is 2.91. The first-order chi connectivity index (χ1) is 11.6. The van der Waals surface area contributed by atoms with Crippen LogP contribution in [-0.4, -0.2) is 25.5 Å². The fraction of sp³-hybridized carbons (Fsp3) is 0.316. The third-order valence-electron chi connectivity index (χ3n) is 4.27. The lowest BCUT2D eigenvalue weighted by atomic mass is 10.0. The van der Waals surface area contributed by atoms with Crippen LogP contribution in [0, 0.1) is 0 Å². The number of halogens is 2. The molecule has 0 aromatic heterocycles. The van der Waals surface area contributed by atoms with Crippen LogP contribution in [0.5, 0.6) is 0 Å². The number of hydrogen-bond donors (Lipinski definition) is 2. The molecule has 2 rings (SSSR count). The number of benzene rings is 2. The summed E-state index contributed by atoms with van der Waals surface area (Å²) in [5.74, 6) is -0.0777. The Balaban J connectivity index is 2.19. The molecule has 0 spiro atoms. The lowest BCUT2D eigenvalue weighted by Gasteiger charge is -2.28. The monoisotopic (exact) mass is 409 g/mol. The van der Waals surface area contributed by atoms with E-state index >= 15 is 0 Å². The Bertz CT molecular complexity index is 689. The average Bonchev–Trinajstić information content (AvgIpc) is 2.59. The first-order valence-electron chi connectivity index (χ1n) is 8.20. The number of carbonyl (C=O) groups is 1. The topological polar surface area (TPSA) is 33.5 Å². The lowest BCUT2D eigenvalue weighted by molar-refractivity contribution is -0.927. The van der Waals surface area contributed by atoms with Gasteiger partial charge in [-0.25, -0.2) is 0 Å². The van der Waals surface area contributed by atoms with E-state index in [0.717, 1.165) is 28.1 Å². The lowest BCUT2D eigenvalue weighted by Crippen LogP contribution is -3.12. The highest BCUT2D eigenvalue weighted by Gasteiger charge is 2.24. The Kier molecular flexibility index (Phi) is 7.28. The highest BCUT2D eigenvalue weighted by atomic mass is 79.9. The molecule has 128 valence electrons. The molecule has 2 aromatic rings. The Morgan fingerprint density at radius 2 is 1.75 bits per heavy atom. The van der Waals surface area contributed by atoms with Gasteiger partial charge in [-0.15, -0.1) is 0 Å². The second-order valence-corrected chi connectivity index (χ2v) is 6.89. The molecule has 3 nitrogen and oxygen atoms in total. The molecule has 0 saturated heterocycles. The van der Waals surface area contributed by atoms with E-state index in [-0.39, 0.29) is 11.9 Å². The summed E-state index contributed by atoms with van der Waals surface area (Å²) in [4.78, 5) is 13.9.